The maximum absolute atomic E-state index is 10.7. The van der Waals surface area contributed by atoms with Crippen molar-refractivity contribution >= 4 is 5.97 Å². The van der Waals surface area contributed by atoms with Gasteiger partial charge in [0.05, 0.1) is 0 Å². The van der Waals surface area contributed by atoms with E-state index in [1.807, 2.05) is 36.4 Å². The van der Waals surface area contributed by atoms with Gasteiger partial charge < -0.3 is 14.6 Å². The lowest BCUT2D eigenvalue weighted by atomic mass is 10.1. The van der Waals surface area contributed by atoms with Gasteiger partial charge in [-0.2, -0.15) is 0 Å². The quantitative estimate of drug-likeness (QED) is 0.426. The largest absolute Gasteiger partial charge is 0.490 e. The number of likely N-dealkylation sites (tertiary alicyclic amines) is 1. The smallest absolute Gasteiger partial charge is 0.303 e. The molecule has 0 aliphatic carbocycles. The van der Waals surface area contributed by atoms with Crippen LogP contribution in [-0.4, -0.2) is 35.2 Å². The summed E-state index contributed by atoms with van der Waals surface area (Å²) in [6, 6.07) is 24.5. The summed E-state index contributed by atoms with van der Waals surface area (Å²) in [6.45, 7) is 5.65. The standard InChI is InChI=1S/C29H33NO4/c1-22-4-2-3-5-28(22)34-27-16-18-30(19-17-27)20-24-6-8-25(9-7-24)21-33-26-13-10-23(11-14-26)12-15-29(31)32/h2-11,13-14,27H,12,15-21H2,1H3,(H,31,32). The van der Waals surface area contributed by atoms with Gasteiger partial charge in [-0.3, -0.25) is 9.69 Å². The minimum absolute atomic E-state index is 0.145. The average molecular weight is 460 g/mol. The van der Waals surface area contributed by atoms with Crippen molar-refractivity contribution in [3.8, 4) is 11.5 Å². The molecule has 1 heterocycles. The summed E-state index contributed by atoms with van der Waals surface area (Å²) >= 11 is 0. The van der Waals surface area contributed by atoms with Gasteiger partial charge >= 0.3 is 5.97 Å². The van der Waals surface area contributed by atoms with Crippen LogP contribution in [0.25, 0.3) is 0 Å². The summed E-state index contributed by atoms with van der Waals surface area (Å²) in [5, 5.41) is 8.79. The SMILES string of the molecule is Cc1ccccc1OC1CCN(Cc2ccc(COc3ccc(CCC(=O)O)cc3)cc2)CC1. The maximum Gasteiger partial charge on any atom is 0.303 e. The molecule has 0 unspecified atom stereocenters. The van der Waals surface area contributed by atoms with Gasteiger partial charge in [-0.25, -0.2) is 0 Å². The van der Waals surface area contributed by atoms with E-state index in [2.05, 4.69) is 48.2 Å². The summed E-state index contributed by atoms with van der Waals surface area (Å²) in [5.74, 6) is 1.02. The average Bonchev–Trinajstić information content (AvgIpc) is 2.85. The fourth-order valence-corrected chi connectivity index (χ4v) is 4.22. The number of ether oxygens (including phenoxy) is 2. The van der Waals surface area contributed by atoms with Crippen molar-refractivity contribution in [3.05, 3.63) is 95.1 Å². The highest BCUT2D eigenvalue weighted by atomic mass is 16.5. The van der Waals surface area contributed by atoms with Gasteiger partial charge in [0, 0.05) is 26.1 Å². The Kier molecular flexibility index (Phi) is 8.21. The van der Waals surface area contributed by atoms with Crippen molar-refractivity contribution in [3.63, 3.8) is 0 Å². The molecule has 0 bridgehead atoms. The van der Waals surface area contributed by atoms with E-state index in [1.54, 1.807) is 0 Å². The van der Waals surface area contributed by atoms with E-state index in [1.165, 1.54) is 11.1 Å². The van der Waals surface area contributed by atoms with E-state index in [0.717, 1.165) is 55.1 Å². The number of carbonyl (C=O) groups is 1. The lowest BCUT2D eigenvalue weighted by Gasteiger charge is -2.32. The van der Waals surface area contributed by atoms with E-state index in [4.69, 9.17) is 14.6 Å². The van der Waals surface area contributed by atoms with Crippen LogP contribution in [0.1, 0.15) is 41.5 Å². The molecule has 0 atom stereocenters. The fraction of sp³-hybridized carbons (Fsp3) is 0.345. The summed E-state index contributed by atoms with van der Waals surface area (Å²) in [6.07, 6.45) is 3.08. The van der Waals surface area contributed by atoms with Crippen LogP contribution in [-0.2, 0) is 24.4 Å². The Labute approximate surface area is 201 Å². The predicted molar refractivity (Wildman–Crippen MR) is 133 cm³/mol. The molecule has 0 amide bonds. The summed E-state index contributed by atoms with van der Waals surface area (Å²) in [4.78, 5) is 13.2. The zero-order chi connectivity index (χ0) is 23.8. The highest BCUT2D eigenvalue weighted by molar-refractivity contribution is 5.67. The number of para-hydroxylation sites is 1. The first-order valence-corrected chi connectivity index (χ1v) is 12.0. The Bertz CT molecular complexity index is 1050. The first-order valence-electron chi connectivity index (χ1n) is 12.0. The minimum Gasteiger partial charge on any atom is -0.490 e. The first kappa shape index (κ1) is 23.8. The van der Waals surface area contributed by atoms with Crippen molar-refractivity contribution < 1.29 is 19.4 Å². The summed E-state index contributed by atoms with van der Waals surface area (Å²) in [5.41, 5.74) is 4.64. The van der Waals surface area contributed by atoms with Crippen LogP contribution in [0.2, 0.25) is 0 Å². The number of aryl methyl sites for hydroxylation is 2. The van der Waals surface area contributed by atoms with Crippen molar-refractivity contribution in [2.24, 2.45) is 0 Å². The van der Waals surface area contributed by atoms with Gasteiger partial charge in [-0.05, 0) is 66.6 Å². The van der Waals surface area contributed by atoms with Gasteiger partial charge in [-0.15, -0.1) is 0 Å². The van der Waals surface area contributed by atoms with Gasteiger partial charge in [0.25, 0.3) is 0 Å². The van der Waals surface area contributed by atoms with Crippen LogP contribution < -0.4 is 9.47 Å². The third kappa shape index (κ3) is 7.09. The molecule has 3 aromatic carbocycles. The second-order valence-corrected chi connectivity index (χ2v) is 9.00. The Hall–Kier alpha value is -3.31. The lowest BCUT2D eigenvalue weighted by molar-refractivity contribution is -0.136. The van der Waals surface area contributed by atoms with Crippen LogP contribution >= 0.6 is 0 Å². The van der Waals surface area contributed by atoms with Gasteiger partial charge in [-0.1, -0.05) is 54.6 Å². The molecule has 0 radical (unpaired) electrons. The van der Waals surface area contributed by atoms with E-state index in [9.17, 15) is 4.79 Å². The molecule has 1 aliphatic heterocycles. The highest BCUT2D eigenvalue weighted by Crippen LogP contribution is 2.23. The third-order valence-corrected chi connectivity index (χ3v) is 6.31. The molecule has 0 aromatic heterocycles. The number of rotatable bonds is 10. The number of piperidine rings is 1. The number of carboxylic acid groups (broad SMARTS) is 1. The molecule has 1 N–H and O–H groups in total. The molecule has 5 nitrogen and oxygen atoms in total. The maximum atomic E-state index is 10.7. The molecular formula is C29H33NO4. The molecular weight excluding hydrogens is 426 g/mol. The Balaban J connectivity index is 1.19. The second kappa shape index (κ2) is 11.7. The molecule has 178 valence electrons. The molecule has 1 aliphatic rings. The number of hydrogen-bond acceptors (Lipinski definition) is 4. The van der Waals surface area contributed by atoms with Crippen LogP contribution in [0.4, 0.5) is 0 Å². The number of carboxylic acids is 1. The molecule has 0 spiro atoms. The zero-order valence-electron chi connectivity index (χ0n) is 19.8. The molecule has 0 saturated carbocycles. The van der Waals surface area contributed by atoms with E-state index in [0.29, 0.717) is 19.1 Å². The molecule has 1 saturated heterocycles. The monoisotopic (exact) mass is 459 g/mol. The van der Waals surface area contributed by atoms with Gasteiger partial charge in [0.1, 0.15) is 24.2 Å². The Morgan fingerprint density at radius 2 is 1.56 bits per heavy atom. The number of aliphatic carboxylic acids is 1. The normalized spacial score (nSPS) is 14.6. The summed E-state index contributed by atoms with van der Waals surface area (Å²) < 4.78 is 12.1. The second-order valence-electron chi connectivity index (χ2n) is 9.00. The molecule has 5 heteroatoms. The van der Waals surface area contributed by atoms with E-state index < -0.39 is 5.97 Å². The van der Waals surface area contributed by atoms with Gasteiger partial charge in [0.15, 0.2) is 0 Å². The minimum atomic E-state index is -0.777. The van der Waals surface area contributed by atoms with E-state index in [-0.39, 0.29) is 6.42 Å². The van der Waals surface area contributed by atoms with Crippen LogP contribution in [0.5, 0.6) is 11.5 Å². The van der Waals surface area contributed by atoms with Crippen molar-refractivity contribution in [1.29, 1.82) is 0 Å². The zero-order valence-corrected chi connectivity index (χ0v) is 19.8. The Morgan fingerprint density at radius 1 is 0.912 bits per heavy atom. The molecule has 3 aromatic rings. The Morgan fingerprint density at radius 3 is 2.24 bits per heavy atom. The third-order valence-electron chi connectivity index (χ3n) is 6.31. The van der Waals surface area contributed by atoms with Crippen LogP contribution in [0, 0.1) is 6.92 Å². The van der Waals surface area contributed by atoms with E-state index >= 15 is 0 Å². The molecule has 1 fully saturated rings. The first-order chi connectivity index (χ1) is 16.5. The van der Waals surface area contributed by atoms with Crippen molar-refractivity contribution in [1.82, 2.24) is 4.90 Å². The van der Waals surface area contributed by atoms with Crippen molar-refractivity contribution in [2.45, 2.75) is 51.9 Å². The van der Waals surface area contributed by atoms with Crippen molar-refractivity contribution in [2.75, 3.05) is 13.1 Å². The predicted octanol–water partition coefficient (Wildman–Crippen LogP) is 5.63. The molecule has 34 heavy (non-hydrogen) atoms. The van der Waals surface area contributed by atoms with Gasteiger partial charge in [0.2, 0.25) is 0 Å². The van der Waals surface area contributed by atoms with Crippen LogP contribution in [0.15, 0.2) is 72.8 Å². The molecule has 4 rings (SSSR count). The number of benzene rings is 3. The topological polar surface area (TPSA) is 59.0 Å². The van der Waals surface area contributed by atoms with Crippen LogP contribution in [0.3, 0.4) is 0 Å². The number of hydrogen-bond donors (Lipinski definition) is 1. The fourth-order valence-electron chi connectivity index (χ4n) is 4.22. The highest BCUT2D eigenvalue weighted by Gasteiger charge is 2.21. The summed E-state index contributed by atoms with van der Waals surface area (Å²) in [7, 11) is 0. The lowest BCUT2D eigenvalue weighted by Crippen LogP contribution is -2.37. The number of nitrogens with zero attached hydrogens (tertiary/aromatic N) is 1.